The van der Waals surface area contributed by atoms with Crippen LogP contribution < -0.4 is 10.6 Å². The maximum Gasteiger partial charge on any atom is 0.329 e. The summed E-state index contributed by atoms with van der Waals surface area (Å²) >= 11 is 0. The van der Waals surface area contributed by atoms with Gasteiger partial charge >= 0.3 is 12.0 Å². The van der Waals surface area contributed by atoms with Gasteiger partial charge in [0.15, 0.2) is 5.82 Å². The Hall–Kier alpha value is -2.12. The molecule has 0 fully saturated rings. The summed E-state index contributed by atoms with van der Waals surface area (Å²) in [6.07, 6.45) is 3.11. The third-order valence-corrected chi connectivity index (χ3v) is 2.89. The average molecular weight is 283 g/mol. The molecular weight excluding hydrogens is 262 g/mol. The van der Waals surface area contributed by atoms with Crippen LogP contribution >= 0.6 is 0 Å². The van der Waals surface area contributed by atoms with E-state index in [1.165, 1.54) is 6.92 Å². The van der Waals surface area contributed by atoms with Gasteiger partial charge in [-0.3, -0.25) is 4.68 Å². The highest BCUT2D eigenvalue weighted by Gasteiger charge is 2.33. The molecule has 1 aromatic rings. The van der Waals surface area contributed by atoms with Gasteiger partial charge in [0, 0.05) is 20.0 Å². The number of carboxylic acids is 1. The number of hydrogen-bond acceptors (Lipinski definition) is 4. The summed E-state index contributed by atoms with van der Waals surface area (Å²) in [4.78, 5) is 26.9. The zero-order valence-electron chi connectivity index (χ0n) is 12.0. The van der Waals surface area contributed by atoms with Crippen molar-refractivity contribution in [3.8, 4) is 0 Å². The van der Waals surface area contributed by atoms with Crippen molar-refractivity contribution in [2.24, 2.45) is 7.05 Å². The summed E-state index contributed by atoms with van der Waals surface area (Å²) in [6, 6.07) is -0.501. The molecule has 8 nitrogen and oxygen atoms in total. The number of rotatable bonds is 7. The zero-order valence-corrected chi connectivity index (χ0v) is 12.0. The molecule has 3 N–H and O–H groups in total. The Morgan fingerprint density at radius 3 is 2.70 bits per heavy atom. The minimum absolute atomic E-state index is 0.345. The van der Waals surface area contributed by atoms with Crippen LogP contribution in [-0.2, 0) is 18.3 Å². The molecule has 0 aliphatic heterocycles. The summed E-state index contributed by atoms with van der Waals surface area (Å²) in [5.41, 5.74) is -1.25. The number of carbonyl (C=O) groups is 2. The Balaban J connectivity index is 2.40. The number of carbonyl (C=O) groups excluding carboxylic acids is 1. The minimum atomic E-state index is -1.25. The Labute approximate surface area is 117 Å². The molecule has 0 aliphatic rings. The Bertz CT molecular complexity index is 473. The van der Waals surface area contributed by atoms with E-state index in [-0.39, 0.29) is 0 Å². The smallest absolute Gasteiger partial charge is 0.329 e. The van der Waals surface area contributed by atoms with Crippen molar-refractivity contribution in [1.29, 1.82) is 0 Å². The summed E-state index contributed by atoms with van der Waals surface area (Å²) in [6.45, 7) is 3.71. The second kappa shape index (κ2) is 6.88. The van der Waals surface area contributed by atoms with Crippen LogP contribution in [0.1, 0.15) is 32.5 Å². The first-order chi connectivity index (χ1) is 9.37. The molecule has 0 aliphatic carbocycles. The lowest BCUT2D eigenvalue weighted by Crippen LogP contribution is -2.55. The number of nitrogens with zero attached hydrogens (tertiary/aromatic N) is 3. The molecule has 1 aromatic heterocycles. The summed E-state index contributed by atoms with van der Waals surface area (Å²) < 4.78 is 1.58. The molecule has 112 valence electrons. The van der Waals surface area contributed by atoms with E-state index in [9.17, 15) is 9.59 Å². The van der Waals surface area contributed by atoms with Crippen molar-refractivity contribution in [2.45, 2.75) is 38.6 Å². The second-order valence-corrected chi connectivity index (χ2v) is 4.85. The predicted octanol–water partition coefficient (Wildman–Crippen LogP) is 0.300. The number of amides is 2. The van der Waals surface area contributed by atoms with Crippen LogP contribution in [0.3, 0.4) is 0 Å². The standard InChI is InChI=1S/C12H21N5O3/c1-4-6-12(2,10(18)19)15-11(20)13-7-5-9-14-8-17(3)16-9/h8H,4-7H2,1-3H3,(H,18,19)(H2,13,15,20). The van der Waals surface area contributed by atoms with Gasteiger partial charge in [0.05, 0.1) is 0 Å². The summed E-state index contributed by atoms with van der Waals surface area (Å²) in [5.74, 6) is -0.414. The maximum absolute atomic E-state index is 11.7. The molecule has 1 heterocycles. The van der Waals surface area contributed by atoms with Gasteiger partial charge in [-0.15, -0.1) is 0 Å². The van der Waals surface area contributed by atoms with Gasteiger partial charge in [0.1, 0.15) is 11.9 Å². The number of carboxylic acid groups (broad SMARTS) is 1. The molecule has 20 heavy (non-hydrogen) atoms. The lowest BCUT2D eigenvalue weighted by Gasteiger charge is -2.25. The highest BCUT2D eigenvalue weighted by molar-refractivity contribution is 5.85. The molecule has 1 unspecified atom stereocenters. The fraction of sp³-hybridized carbons (Fsp3) is 0.667. The van der Waals surface area contributed by atoms with Crippen LogP contribution in [0.5, 0.6) is 0 Å². The molecule has 0 spiro atoms. The number of aryl methyl sites for hydroxylation is 1. The Morgan fingerprint density at radius 1 is 1.50 bits per heavy atom. The van der Waals surface area contributed by atoms with Crippen LogP contribution in [0.4, 0.5) is 4.79 Å². The van der Waals surface area contributed by atoms with E-state index < -0.39 is 17.5 Å². The zero-order chi connectivity index (χ0) is 15.2. The number of urea groups is 1. The molecular formula is C12H21N5O3. The summed E-state index contributed by atoms with van der Waals surface area (Å²) in [7, 11) is 1.76. The van der Waals surface area contributed by atoms with E-state index in [4.69, 9.17) is 5.11 Å². The third kappa shape index (κ3) is 4.52. The van der Waals surface area contributed by atoms with Gasteiger partial charge in [-0.05, 0) is 13.3 Å². The lowest BCUT2D eigenvalue weighted by atomic mass is 9.97. The molecule has 8 heteroatoms. The number of aromatic nitrogens is 3. The topological polar surface area (TPSA) is 109 Å². The molecule has 0 saturated heterocycles. The largest absolute Gasteiger partial charge is 0.480 e. The van der Waals surface area contributed by atoms with E-state index >= 15 is 0 Å². The van der Waals surface area contributed by atoms with Gasteiger partial charge in [-0.2, -0.15) is 5.10 Å². The van der Waals surface area contributed by atoms with Gasteiger partial charge in [0.25, 0.3) is 0 Å². The minimum Gasteiger partial charge on any atom is -0.480 e. The fourth-order valence-electron chi connectivity index (χ4n) is 1.80. The quantitative estimate of drug-likeness (QED) is 0.667. The van der Waals surface area contributed by atoms with Gasteiger partial charge in [-0.25, -0.2) is 14.6 Å². The lowest BCUT2D eigenvalue weighted by molar-refractivity contribution is -0.144. The molecule has 2 amide bonds. The van der Waals surface area contributed by atoms with Gasteiger partial charge < -0.3 is 15.7 Å². The first kappa shape index (κ1) is 15.9. The van der Waals surface area contributed by atoms with Crippen molar-refractivity contribution in [1.82, 2.24) is 25.4 Å². The predicted molar refractivity (Wildman–Crippen MR) is 72.2 cm³/mol. The maximum atomic E-state index is 11.7. The van der Waals surface area contributed by atoms with Crippen LogP contribution in [0, 0.1) is 0 Å². The number of nitrogens with one attached hydrogen (secondary N) is 2. The van der Waals surface area contributed by atoms with Gasteiger partial charge in [0.2, 0.25) is 0 Å². The van der Waals surface area contributed by atoms with E-state index in [0.717, 1.165) is 0 Å². The summed E-state index contributed by atoms with van der Waals surface area (Å²) in [5, 5.41) is 18.3. The second-order valence-electron chi connectivity index (χ2n) is 4.85. The first-order valence-electron chi connectivity index (χ1n) is 6.51. The van der Waals surface area contributed by atoms with Crippen LogP contribution in [-0.4, -0.2) is 44.0 Å². The molecule has 1 rings (SSSR count). The van der Waals surface area contributed by atoms with Crippen LogP contribution in [0.25, 0.3) is 0 Å². The van der Waals surface area contributed by atoms with E-state index in [1.54, 1.807) is 18.1 Å². The normalized spacial score (nSPS) is 13.6. The highest BCUT2D eigenvalue weighted by Crippen LogP contribution is 2.12. The number of hydrogen-bond donors (Lipinski definition) is 3. The molecule has 0 aromatic carbocycles. The third-order valence-electron chi connectivity index (χ3n) is 2.89. The Kier molecular flexibility index (Phi) is 5.48. The monoisotopic (exact) mass is 283 g/mol. The van der Waals surface area contributed by atoms with Crippen LogP contribution in [0.15, 0.2) is 6.33 Å². The van der Waals surface area contributed by atoms with E-state index in [1.807, 2.05) is 6.92 Å². The van der Waals surface area contributed by atoms with E-state index in [2.05, 4.69) is 20.7 Å². The molecule has 0 saturated carbocycles. The van der Waals surface area contributed by atoms with E-state index in [0.29, 0.717) is 31.6 Å². The van der Waals surface area contributed by atoms with Crippen LogP contribution in [0.2, 0.25) is 0 Å². The fourth-order valence-corrected chi connectivity index (χ4v) is 1.80. The van der Waals surface area contributed by atoms with Crippen molar-refractivity contribution in [3.63, 3.8) is 0 Å². The SMILES string of the molecule is CCCC(C)(NC(=O)NCCc1ncn(C)n1)C(=O)O. The average Bonchev–Trinajstić information content (AvgIpc) is 2.75. The molecule has 0 bridgehead atoms. The van der Waals surface area contributed by atoms with Crippen molar-refractivity contribution < 1.29 is 14.7 Å². The number of aliphatic carboxylic acids is 1. The molecule has 1 atom stereocenters. The highest BCUT2D eigenvalue weighted by atomic mass is 16.4. The first-order valence-corrected chi connectivity index (χ1v) is 6.51. The van der Waals surface area contributed by atoms with Crippen molar-refractivity contribution in [2.75, 3.05) is 6.54 Å². The van der Waals surface area contributed by atoms with Crippen molar-refractivity contribution in [3.05, 3.63) is 12.2 Å². The van der Waals surface area contributed by atoms with Crippen molar-refractivity contribution >= 4 is 12.0 Å². The van der Waals surface area contributed by atoms with Gasteiger partial charge in [-0.1, -0.05) is 13.3 Å². The molecule has 0 radical (unpaired) electrons. The Morgan fingerprint density at radius 2 is 2.20 bits per heavy atom.